The second-order valence-electron chi connectivity index (χ2n) is 9.35. The highest BCUT2D eigenvalue weighted by Gasteiger charge is 2.26. The van der Waals surface area contributed by atoms with Crippen molar-refractivity contribution in [2.24, 2.45) is 5.92 Å². The molecule has 34 heavy (non-hydrogen) atoms. The van der Waals surface area contributed by atoms with Crippen molar-refractivity contribution in [2.75, 3.05) is 11.9 Å². The lowest BCUT2D eigenvalue weighted by Crippen LogP contribution is -2.24. The van der Waals surface area contributed by atoms with Crippen LogP contribution in [0.1, 0.15) is 63.9 Å². The van der Waals surface area contributed by atoms with Crippen molar-refractivity contribution in [3.05, 3.63) is 60.0 Å². The summed E-state index contributed by atoms with van der Waals surface area (Å²) < 4.78 is 20.7. The summed E-state index contributed by atoms with van der Waals surface area (Å²) in [7, 11) is 0. The second kappa shape index (κ2) is 10.3. The van der Waals surface area contributed by atoms with Gasteiger partial charge in [0.05, 0.1) is 22.3 Å². The third-order valence-electron chi connectivity index (χ3n) is 7.13. The molecule has 1 N–H and O–H groups in total. The van der Waals surface area contributed by atoms with Gasteiger partial charge in [0.25, 0.3) is 0 Å². The number of nitrogens with zero attached hydrogens (tertiary/aromatic N) is 2. The van der Waals surface area contributed by atoms with Gasteiger partial charge < -0.3 is 10.1 Å². The van der Waals surface area contributed by atoms with Gasteiger partial charge in [-0.15, -0.1) is 0 Å². The normalized spacial score (nSPS) is 19.4. The van der Waals surface area contributed by atoms with E-state index >= 15 is 0 Å². The fourth-order valence-corrected chi connectivity index (χ4v) is 6.30. The molecule has 0 saturated heterocycles. The van der Waals surface area contributed by atoms with Crippen LogP contribution in [-0.4, -0.2) is 22.6 Å². The first-order valence-corrected chi connectivity index (χ1v) is 13.3. The summed E-state index contributed by atoms with van der Waals surface area (Å²) in [6, 6.07) is 13.6. The number of ether oxygens (including phenoxy) is 1. The van der Waals surface area contributed by atoms with Crippen LogP contribution in [0.3, 0.4) is 0 Å². The molecule has 1 atom stereocenters. The number of hydrogen-bond donors (Lipinski definition) is 1. The van der Waals surface area contributed by atoms with E-state index in [2.05, 4.69) is 29.4 Å². The van der Waals surface area contributed by atoms with Crippen molar-refractivity contribution in [3.8, 4) is 5.75 Å². The largest absolute Gasteiger partial charge is 0.494 e. The number of anilines is 1. The SMILES string of the molecule is CCOc1ccc2nc(N[C@H](CC)CC3CCC(c4ccnc5ccc(F)cc45)CC3)sc2c1. The highest BCUT2D eigenvalue weighted by atomic mass is 32.1. The van der Waals surface area contributed by atoms with Crippen LogP contribution in [0, 0.1) is 11.7 Å². The molecule has 0 spiro atoms. The zero-order chi connectivity index (χ0) is 23.5. The summed E-state index contributed by atoms with van der Waals surface area (Å²) in [6.07, 6.45) is 8.83. The Morgan fingerprint density at radius 3 is 2.68 bits per heavy atom. The predicted octanol–water partition coefficient (Wildman–Crippen LogP) is 7.94. The molecule has 0 unspecified atom stereocenters. The molecule has 2 aromatic carbocycles. The van der Waals surface area contributed by atoms with E-state index < -0.39 is 0 Å². The molecule has 0 aliphatic heterocycles. The van der Waals surface area contributed by atoms with E-state index in [-0.39, 0.29) is 5.82 Å². The van der Waals surface area contributed by atoms with Crippen molar-refractivity contribution < 1.29 is 9.13 Å². The smallest absolute Gasteiger partial charge is 0.184 e. The molecule has 0 radical (unpaired) electrons. The van der Waals surface area contributed by atoms with Gasteiger partial charge >= 0.3 is 0 Å². The summed E-state index contributed by atoms with van der Waals surface area (Å²) in [5.41, 5.74) is 3.17. The molecule has 4 aromatic rings. The maximum absolute atomic E-state index is 13.9. The third kappa shape index (κ3) is 5.02. The molecule has 5 rings (SSSR count). The number of benzene rings is 2. The molecule has 1 aliphatic carbocycles. The number of aromatic nitrogens is 2. The fourth-order valence-electron chi connectivity index (χ4n) is 5.33. The highest BCUT2D eigenvalue weighted by molar-refractivity contribution is 7.22. The zero-order valence-electron chi connectivity index (χ0n) is 19.9. The number of hydrogen-bond acceptors (Lipinski definition) is 5. The summed E-state index contributed by atoms with van der Waals surface area (Å²) in [4.78, 5) is 9.22. The number of thiazole rings is 1. The lowest BCUT2D eigenvalue weighted by atomic mass is 9.76. The first kappa shape index (κ1) is 23.0. The van der Waals surface area contributed by atoms with E-state index in [1.54, 1.807) is 23.5 Å². The molecule has 178 valence electrons. The number of fused-ring (bicyclic) bond motifs is 2. The minimum absolute atomic E-state index is 0.184. The Morgan fingerprint density at radius 1 is 1.06 bits per heavy atom. The molecular formula is C28H32FN3OS. The molecule has 2 heterocycles. The Labute approximate surface area is 204 Å². The van der Waals surface area contributed by atoms with Crippen molar-refractivity contribution in [2.45, 2.75) is 64.3 Å². The number of halogens is 1. The number of pyridine rings is 1. The van der Waals surface area contributed by atoms with Gasteiger partial charge in [0, 0.05) is 17.6 Å². The Hall–Kier alpha value is -2.73. The van der Waals surface area contributed by atoms with Crippen LogP contribution < -0.4 is 10.1 Å². The molecule has 0 amide bonds. The Kier molecular flexibility index (Phi) is 6.95. The lowest BCUT2D eigenvalue weighted by molar-refractivity contribution is 0.297. The van der Waals surface area contributed by atoms with Gasteiger partial charge in [0.15, 0.2) is 5.13 Å². The van der Waals surface area contributed by atoms with Gasteiger partial charge in [-0.1, -0.05) is 18.3 Å². The van der Waals surface area contributed by atoms with E-state index in [1.165, 1.54) is 24.5 Å². The van der Waals surface area contributed by atoms with Crippen LogP contribution in [-0.2, 0) is 0 Å². The van der Waals surface area contributed by atoms with Gasteiger partial charge in [-0.3, -0.25) is 4.98 Å². The maximum Gasteiger partial charge on any atom is 0.184 e. The van der Waals surface area contributed by atoms with E-state index in [4.69, 9.17) is 9.72 Å². The van der Waals surface area contributed by atoms with Gasteiger partial charge in [0.2, 0.25) is 0 Å². The van der Waals surface area contributed by atoms with Crippen molar-refractivity contribution in [3.63, 3.8) is 0 Å². The minimum atomic E-state index is -0.184. The van der Waals surface area contributed by atoms with Crippen LogP contribution >= 0.6 is 11.3 Å². The van der Waals surface area contributed by atoms with Gasteiger partial charge in [-0.25, -0.2) is 9.37 Å². The van der Waals surface area contributed by atoms with Crippen LogP contribution in [0.25, 0.3) is 21.1 Å². The maximum atomic E-state index is 13.9. The predicted molar refractivity (Wildman–Crippen MR) is 140 cm³/mol. The third-order valence-corrected chi connectivity index (χ3v) is 8.08. The van der Waals surface area contributed by atoms with Crippen LogP contribution in [0.2, 0.25) is 0 Å². The second-order valence-corrected chi connectivity index (χ2v) is 10.4. The van der Waals surface area contributed by atoms with E-state index in [9.17, 15) is 4.39 Å². The first-order valence-electron chi connectivity index (χ1n) is 12.5. The van der Waals surface area contributed by atoms with Crippen LogP contribution in [0.15, 0.2) is 48.7 Å². The lowest BCUT2D eigenvalue weighted by Gasteiger charge is -2.31. The number of nitrogens with one attached hydrogen (secondary N) is 1. The molecule has 1 aliphatic rings. The topological polar surface area (TPSA) is 47.0 Å². The first-order chi connectivity index (χ1) is 16.6. The van der Waals surface area contributed by atoms with Crippen LogP contribution in [0.5, 0.6) is 5.75 Å². The fraction of sp³-hybridized carbons (Fsp3) is 0.429. The molecule has 6 heteroatoms. The molecule has 1 saturated carbocycles. The molecule has 4 nitrogen and oxygen atoms in total. The van der Waals surface area contributed by atoms with Crippen molar-refractivity contribution in [1.29, 1.82) is 0 Å². The number of rotatable bonds is 8. The van der Waals surface area contributed by atoms with Crippen molar-refractivity contribution >= 4 is 37.6 Å². The van der Waals surface area contributed by atoms with Gasteiger partial charge in [-0.2, -0.15) is 0 Å². The standard InChI is InChI=1S/C28H32FN3OS/c1-3-21(31-28-32-26-12-10-22(33-4-2)17-27(26)34-28)15-18-5-7-19(8-6-18)23-13-14-30-25-11-9-20(29)16-24(23)25/h9-14,16-19,21H,3-8,15H2,1-2H3,(H,31,32)/t18?,19?,21-/m1/s1. The Morgan fingerprint density at radius 2 is 1.88 bits per heavy atom. The van der Waals surface area contributed by atoms with E-state index in [1.807, 2.05) is 25.3 Å². The van der Waals surface area contributed by atoms with E-state index in [0.29, 0.717) is 24.5 Å². The highest BCUT2D eigenvalue weighted by Crippen LogP contribution is 2.40. The Bertz CT molecular complexity index is 1270. The average Bonchev–Trinajstić information content (AvgIpc) is 3.25. The van der Waals surface area contributed by atoms with Gasteiger partial charge in [-0.05, 0) is 105 Å². The average molecular weight is 478 g/mol. The minimum Gasteiger partial charge on any atom is -0.494 e. The van der Waals surface area contributed by atoms with E-state index in [0.717, 1.165) is 57.7 Å². The summed E-state index contributed by atoms with van der Waals surface area (Å²) >= 11 is 1.70. The molecule has 0 bridgehead atoms. The zero-order valence-corrected chi connectivity index (χ0v) is 20.7. The summed E-state index contributed by atoms with van der Waals surface area (Å²) in [5.74, 6) is 1.91. The Balaban J connectivity index is 1.21. The van der Waals surface area contributed by atoms with Gasteiger partial charge in [0.1, 0.15) is 11.6 Å². The molecule has 2 aromatic heterocycles. The monoisotopic (exact) mass is 477 g/mol. The van der Waals surface area contributed by atoms with Crippen molar-refractivity contribution in [1.82, 2.24) is 9.97 Å². The quantitative estimate of drug-likeness (QED) is 0.280. The molecule has 1 fully saturated rings. The van der Waals surface area contributed by atoms with Crippen LogP contribution in [0.4, 0.5) is 9.52 Å². The summed E-state index contributed by atoms with van der Waals surface area (Å²) in [5, 5.41) is 5.68. The molecular weight excluding hydrogens is 445 g/mol. The summed E-state index contributed by atoms with van der Waals surface area (Å²) in [6.45, 7) is 4.92.